The molecule has 0 atom stereocenters. The van der Waals surface area contributed by atoms with E-state index in [0.29, 0.717) is 39.3 Å². The monoisotopic (exact) mass is 230 g/mol. The zero-order valence-corrected chi connectivity index (χ0v) is 9.96. The predicted molar refractivity (Wildman–Crippen MR) is 61.1 cm³/mol. The van der Waals surface area contributed by atoms with Gasteiger partial charge < -0.3 is 20.5 Å². The SMILES string of the molecule is CCNC(=O)CCOC1(CN)CCOCC1. The van der Waals surface area contributed by atoms with Gasteiger partial charge in [0.15, 0.2) is 0 Å². The normalized spacial score (nSPS) is 19.4. The molecule has 1 aliphatic rings. The van der Waals surface area contributed by atoms with Crippen LogP contribution in [0.2, 0.25) is 0 Å². The molecule has 0 aromatic heterocycles. The maximum absolute atomic E-state index is 11.2. The molecule has 1 heterocycles. The number of carbonyl (C=O) groups is 1. The fraction of sp³-hybridized carbons (Fsp3) is 0.909. The molecular formula is C11H22N2O3. The van der Waals surface area contributed by atoms with E-state index < -0.39 is 0 Å². The average molecular weight is 230 g/mol. The number of hydrogen-bond donors (Lipinski definition) is 2. The van der Waals surface area contributed by atoms with Crippen molar-refractivity contribution in [3.05, 3.63) is 0 Å². The van der Waals surface area contributed by atoms with E-state index in [9.17, 15) is 4.79 Å². The third-order valence-electron chi connectivity index (χ3n) is 2.89. The van der Waals surface area contributed by atoms with Gasteiger partial charge in [-0.25, -0.2) is 0 Å². The number of nitrogens with two attached hydrogens (primary N) is 1. The van der Waals surface area contributed by atoms with Crippen molar-refractivity contribution in [2.24, 2.45) is 5.73 Å². The highest BCUT2D eigenvalue weighted by molar-refractivity contribution is 5.75. The molecule has 16 heavy (non-hydrogen) atoms. The molecule has 0 radical (unpaired) electrons. The summed E-state index contributed by atoms with van der Waals surface area (Å²) in [5.41, 5.74) is 5.46. The van der Waals surface area contributed by atoms with Gasteiger partial charge in [-0.1, -0.05) is 0 Å². The van der Waals surface area contributed by atoms with Crippen LogP contribution in [0.25, 0.3) is 0 Å². The lowest BCUT2D eigenvalue weighted by Crippen LogP contribution is -2.46. The highest BCUT2D eigenvalue weighted by Gasteiger charge is 2.32. The van der Waals surface area contributed by atoms with E-state index in [-0.39, 0.29) is 11.5 Å². The van der Waals surface area contributed by atoms with Crippen molar-refractivity contribution in [2.75, 3.05) is 32.9 Å². The van der Waals surface area contributed by atoms with Gasteiger partial charge in [0.1, 0.15) is 0 Å². The van der Waals surface area contributed by atoms with E-state index in [1.165, 1.54) is 0 Å². The molecule has 3 N–H and O–H groups in total. The van der Waals surface area contributed by atoms with Gasteiger partial charge in [-0.3, -0.25) is 4.79 Å². The Morgan fingerprint density at radius 2 is 2.19 bits per heavy atom. The Bertz CT molecular complexity index is 215. The number of rotatable bonds is 6. The van der Waals surface area contributed by atoms with Crippen LogP contribution in [0.4, 0.5) is 0 Å². The number of hydrogen-bond acceptors (Lipinski definition) is 4. The fourth-order valence-corrected chi connectivity index (χ4v) is 1.80. The molecule has 0 bridgehead atoms. The van der Waals surface area contributed by atoms with Crippen LogP contribution >= 0.6 is 0 Å². The van der Waals surface area contributed by atoms with Crippen LogP contribution in [0.5, 0.6) is 0 Å². The molecular weight excluding hydrogens is 208 g/mol. The number of carbonyl (C=O) groups excluding carboxylic acids is 1. The molecule has 1 fully saturated rings. The molecule has 0 unspecified atom stereocenters. The first-order valence-electron chi connectivity index (χ1n) is 5.91. The van der Waals surface area contributed by atoms with E-state index in [2.05, 4.69) is 5.32 Å². The van der Waals surface area contributed by atoms with Crippen LogP contribution in [-0.2, 0) is 14.3 Å². The second kappa shape index (κ2) is 6.83. The summed E-state index contributed by atoms with van der Waals surface area (Å²) >= 11 is 0. The van der Waals surface area contributed by atoms with Crippen molar-refractivity contribution in [3.63, 3.8) is 0 Å². The van der Waals surface area contributed by atoms with E-state index in [4.69, 9.17) is 15.2 Å². The second-order valence-corrected chi connectivity index (χ2v) is 4.05. The molecule has 1 aliphatic heterocycles. The van der Waals surface area contributed by atoms with Crippen LogP contribution in [0.15, 0.2) is 0 Å². The van der Waals surface area contributed by atoms with Crippen LogP contribution < -0.4 is 11.1 Å². The summed E-state index contributed by atoms with van der Waals surface area (Å²) in [4.78, 5) is 11.2. The molecule has 5 heteroatoms. The minimum absolute atomic E-state index is 0.0294. The minimum atomic E-state index is -0.273. The Morgan fingerprint density at radius 3 is 2.75 bits per heavy atom. The van der Waals surface area contributed by atoms with Crippen LogP contribution in [-0.4, -0.2) is 44.4 Å². The minimum Gasteiger partial charge on any atom is -0.381 e. The van der Waals surface area contributed by atoms with E-state index in [1.54, 1.807) is 0 Å². The Labute approximate surface area is 96.7 Å². The van der Waals surface area contributed by atoms with E-state index in [1.807, 2.05) is 6.92 Å². The number of nitrogens with one attached hydrogen (secondary N) is 1. The molecule has 0 aliphatic carbocycles. The first-order chi connectivity index (χ1) is 7.72. The summed E-state index contributed by atoms with van der Waals surface area (Å²) in [7, 11) is 0. The average Bonchev–Trinajstić information content (AvgIpc) is 2.31. The molecule has 1 saturated heterocycles. The maximum Gasteiger partial charge on any atom is 0.222 e. The zero-order valence-electron chi connectivity index (χ0n) is 9.96. The summed E-state index contributed by atoms with van der Waals surface area (Å²) < 4.78 is 11.0. The first kappa shape index (κ1) is 13.4. The van der Waals surface area contributed by atoms with Crippen molar-refractivity contribution >= 4 is 5.91 Å². The predicted octanol–water partition coefficient (Wildman–Crippen LogP) is 0.0371. The largest absolute Gasteiger partial charge is 0.381 e. The van der Waals surface area contributed by atoms with Crippen LogP contribution in [0.3, 0.4) is 0 Å². The summed E-state index contributed by atoms with van der Waals surface area (Å²) in [5.74, 6) is 0.0294. The number of amides is 1. The lowest BCUT2D eigenvalue weighted by atomic mass is 9.94. The van der Waals surface area contributed by atoms with Crippen molar-refractivity contribution < 1.29 is 14.3 Å². The van der Waals surface area contributed by atoms with Crippen molar-refractivity contribution in [2.45, 2.75) is 31.8 Å². The van der Waals surface area contributed by atoms with Gasteiger partial charge in [0.2, 0.25) is 5.91 Å². The van der Waals surface area contributed by atoms with Gasteiger partial charge in [-0.05, 0) is 6.92 Å². The second-order valence-electron chi connectivity index (χ2n) is 4.05. The molecule has 0 saturated carbocycles. The first-order valence-corrected chi connectivity index (χ1v) is 5.91. The van der Waals surface area contributed by atoms with Gasteiger partial charge in [-0.2, -0.15) is 0 Å². The summed E-state index contributed by atoms with van der Waals surface area (Å²) in [6.45, 7) is 4.87. The third-order valence-corrected chi connectivity index (χ3v) is 2.89. The van der Waals surface area contributed by atoms with Gasteiger partial charge in [-0.15, -0.1) is 0 Å². The van der Waals surface area contributed by atoms with E-state index >= 15 is 0 Å². The Morgan fingerprint density at radius 1 is 1.50 bits per heavy atom. The fourth-order valence-electron chi connectivity index (χ4n) is 1.80. The Balaban J connectivity index is 2.25. The summed E-state index contributed by atoms with van der Waals surface area (Å²) in [5, 5.41) is 2.74. The van der Waals surface area contributed by atoms with Crippen LogP contribution in [0, 0.1) is 0 Å². The van der Waals surface area contributed by atoms with Crippen molar-refractivity contribution in [1.82, 2.24) is 5.32 Å². The molecule has 0 aromatic carbocycles. The standard InChI is InChI=1S/C11H22N2O3/c1-2-13-10(14)3-6-16-11(9-12)4-7-15-8-5-11/h2-9,12H2,1H3,(H,13,14). The van der Waals surface area contributed by atoms with Crippen molar-refractivity contribution in [1.29, 1.82) is 0 Å². The number of ether oxygens (including phenoxy) is 2. The van der Waals surface area contributed by atoms with Gasteiger partial charge >= 0.3 is 0 Å². The van der Waals surface area contributed by atoms with Crippen molar-refractivity contribution in [3.8, 4) is 0 Å². The van der Waals surface area contributed by atoms with Gasteiger partial charge in [0.25, 0.3) is 0 Å². The third kappa shape index (κ3) is 4.08. The quantitative estimate of drug-likeness (QED) is 0.675. The Hall–Kier alpha value is -0.650. The molecule has 94 valence electrons. The maximum atomic E-state index is 11.2. The molecule has 0 aromatic rings. The summed E-state index contributed by atoms with van der Waals surface area (Å²) in [6, 6.07) is 0. The molecule has 1 amide bonds. The smallest absolute Gasteiger partial charge is 0.222 e. The van der Waals surface area contributed by atoms with E-state index in [0.717, 1.165) is 12.8 Å². The topological polar surface area (TPSA) is 73.6 Å². The Kier molecular flexibility index (Phi) is 5.73. The lowest BCUT2D eigenvalue weighted by molar-refractivity contribution is -0.128. The lowest BCUT2D eigenvalue weighted by Gasteiger charge is -2.36. The summed E-state index contributed by atoms with van der Waals surface area (Å²) in [6.07, 6.45) is 2.04. The van der Waals surface area contributed by atoms with Gasteiger partial charge in [0, 0.05) is 45.6 Å². The molecule has 1 rings (SSSR count). The molecule has 5 nitrogen and oxygen atoms in total. The highest BCUT2D eigenvalue weighted by atomic mass is 16.5. The zero-order chi connectivity index (χ0) is 11.9. The highest BCUT2D eigenvalue weighted by Crippen LogP contribution is 2.23. The van der Waals surface area contributed by atoms with Crippen LogP contribution in [0.1, 0.15) is 26.2 Å². The van der Waals surface area contributed by atoms with Gasteiger partial charge in [0.05, 0.1) is 12.2 Å². The molecule has 0 spiro atoms.